The van der Waals surface area contributed by atoms with Gasteiger partial charge in [-0.05, 0) is 31.2 Å². The number of halogens is 2. The monoisotopic (exact) mass is 374 g/mol. The van der Waals surface area contributed by atoms with E-state index in [1.807, 2.05) is 6.92 Å². The summed E-state index contributed by atoms with van der Waals surface area (Å²) >= 11 is 6.18. The number of aromatic nitrogens is 4. The molecule has 0 saturated carbocycles. The lowest BCUT2D eigenvalue weighted by Crippen LogP contribution is -2.11. The minimum Gasteiger partial charge on any atom is -0.480 e. The van der Waals surface area contributed by atoms with E-state index in [0.29, 0.717) is 34.1 Å². The molecular formula is C17H16ClFN6O. The Morgan fingerprint density at radius 1 is 1.15 bits per heavy atom. The van der Waals surface area contributed by atoms with Crippen LogP contribution in [0, 0.1) is 5.82 Å². The Labute approximate surface area is 154 Å². The maximum Gasteiger partial charge on any atom is 0.237 e. The summed E-state index contributed by atoms with van der Waals surface area (Å²) in [6.45, 7) is 1.87. The number of anilines is 3. The van der Waals surface area contributed by atoms with E-state index in [-0.39, 0.29) is 6.04 Å². The second-order valence-corrected chi connectivity index (χ2v) is 5.75. The van der Waals surface area contributed by atoms with Gasteiger partial charge in [-0.1, -0.05) is 11.6 Å². The number of pyridine rings is 2. The lowest BCUT2D eigenvalue weighted by atomic mass is 10.2. The average Bonchev–Trinajstić information content (AvgIpc) is 2.65. The van der Waals surface area contributed by atoms with E-state index in [2.05, 4.69) is 30.6 Å². The molecule has 3 rings (SSSR count). The largest absolute Gasteiger partial charge is 0.480 e. The lowest BCUT2D eigenvalue weighted by Gasteiger charge is -2.16. The molecule has 0 aliphatic rings. The molecule has 0 aliphatic heterocycles. The molecule has 1 unspecified atom stereocenters. The van der Waals surface area contributed by atoms with Crippen LogP contribution < -0.4 is 15.4 Å². The summed E-state index contributed by atoms with van der Waals surface area (Å²) in [7, 11) is 1.53. The van der Waals surface area contributed by atoms with E-state index in [1.54, 1.807) is 24.4 Å². The highest BCUT2D eigenvalue weighted by molar-refractivity contribution is 6.32. The van der Waals surface area contributed by atoms with Gasteiger partial charge in [-0.15, -0.1) is 0 Å². The molecule has 26 heavy (non-hydrogen) atoms. The Balaban J connectivity index is 1.80. The van der Waals surface area contributed by atoms with Gasteiger partial charge < -0.3 is 15.4 Å². The second-order valence-electron chi connectivity index (χ2n) is 5.34. The number of nitrogens with one attached hydrogen (secondary N) is 2. The van der Waals surface area contributed by atoms with Crippen molar-refractivity contribution in [3.8, 4) is 5.88 Å². The quantitative estimate of drug-likeness (QED) is 0.674. The van der Waals surface area contributed by atoms with Crippen molar-refractivity contribution in [2.45, 2.75) is 13.0 Å². The van der Waals surface area contributed by atoms with Gasteiger partial charge in [0.2, 0.25) is 11.8 Å². The molecule has 3 aromatic heterocycles. The number of ether oxygens (including phenoxy) is 1. The van der Waals surface area contributed by atoms with Crippen LogP contribution in [0.5, 0.6) is 5.88 Å². The molecule has 0 radical (unpaired) electrons. The van der Waals surface area contributed by atoms with Crippen LogP contribution >= 0.6 is 11.6 Å². The SMILES string of the molecule is COc1ncccc1Nc1ncc(Cl)c(NC(C)c2ccc(F)cn2)n1. The molecule has 0 fully saturated rings. The summed E-state index contributed by atoms with van der Waals surface area (Å²) in [5.74, 6) is 0.774. The van der Waals surface area contributed by atoms with Gasteiger partial charge in [-0.3, -0.25) is 4.98 Å². The molecule has 0 saturated heterocycles. The van der Waals surface area contributed by atoms with Crippen LogP contribution in [0.4, 0.5) is 21.8 Å². The molecule has 134 valence electrons. The highest BCUT2D eigenvalue weighted by Crippen LogP contribution is 2.27. The van der Waals surface area contributed by atoms with Crippen LogP contribution in [0.25, 0.3) is 0 Å². The predicted molar refractivity (Wildman–Crippen MR) is 97.3 cm³/mol. The number of nitrogens with zero attached hydrogens (tertiary/aromatic N) is 4. The fourth-order valence-electron chi connectivity index (χ4n) is 2.22. The van der Waals surface area contributed by atoms with Crippen LogP contribution in [-0.2, 0) is 0 Å². The maximum atomic E-state index is 13.0. The van der Waals surface area contributed by atoms with Crippen molar-refractivity contribution in [2.75, 3.05) is 17.7 Å². The topological polar surface area (TPSA) is 84.9 Å². The van der Waals surface area contributed by atoms with E-state index in [1.165, 1.54) is 19.4 Å². The highest BCUT2D eigenvalue weighted by Gasteiger charge is 2.13. The first-order valence-electron chi connectivity index (χ1n) is 7.73. The number of hydrogen-bond acceptors (Lipinski definition) is 7. The summed E-state index contributed by atoms with van der Waals surface area (Å²) in [5.41, 5.74) is 1.28. The molecule has 1 atom stereocenters. The molecule has 9 heteroatoms. The summed E-state index contributed by atoms with van der Waals surface area (Å²) in [6, 6.07) is 6.28. The summed E-state index contributed by atoms with van der Waals surface area (Å²) in [5, 5.41) is 6.53. The molecule has 0 aliphatic carbocycles. The zero-order valence-corrected chi connectivity index (χ0v) is 14.8. The minimum absolute atomic E-state index is 0.233. The molecule has 3 heterocycles. The predicted octanol–water partition coefficient (Wildman–Crippen LogP) is 3.98. The average molecular weight is 375 g/mol. The fraction of sp³-hybridized carbons (Fsp3) is 0.176. The summed E-state index contributed by atoms with van der Waals surface area (Å²) in [6.07, 6.45) is 4.26. The maximum absolute atomic E-state index is 13.0. The lowest BCUT2D eigenvalue weighted by molar-refractivity contribution is 0.400. The summed E-state index contributed by atoms with van der Waals surface area (Å²) < 4.78 is 18.2. The van der Waals surface area contributed by atoms with Crippen molar-refractivity contribution in [1.82, 2.24) is 19.9 Å². The van der Waals surface area contributed by atoms with Gasteiger partial charge in [0.25, 0.3) is 0 Å². The van der Waals surface area contributed by atoms with Gasteiger partial charge in [-0.25, -0.2) is 14.4 Å². The molecule has 0 bridgehead atoms. The van der Waals surface area contributed by atoms with Crippen LogP contribution in [0.15, 0.2) is 42.9 Å². The van der Waals surface area contributed by atoms with Gasteiger partial charge in [0.05, 0.1) is 31.2 Å². The third-order valence-electron chi connectivity index (χ3n) is 3.50. The third kappa shape index (κ3) is 4.15. The Kier molecular flexibility index (Phi) is 5.43. The Morgan fingerprint density at radius 2 is 2.00 bits per heavy atom. The van der Waals surface area contributed by atoms with Crippen molar-refractivity contribution in [1.29, 1.82) is 0 Å². The molecule has 0 aromatic carbocycles. The second kappa shape index (κ2) is 7.92. The molecule has 0 spiro atoms. The van der Waals surface area contributed by atoms with E-state index in [0.717, 1.165) is 6.20 Å². The first kappa shape index (κ1) is 17.8. The van der Waals surface area contributed by atoms with E-state index in [4.69, 9.17) is 16.3 Å². The molecule has 2 N–H and O–H groups in total. The van der Waals surface area contributed by atoms with Crippen molar-refractivity contribution < 1.29 is 9.13 Å². The van der Waals surface area contributed by atoms with Crippen molar-refractivity contribution >= 4 is 29.1 Å². The highest BCUT2D eigenvalue weighted by atomic mass is 35.5. The zero-order chi connectivity index (χ0) is 18.5. The number of rotatable bonds is 6. The van der Waals surface area contributed by atoms with Crippen molar-refractivity contribution in [3.05, 3.63) is 59.4 Å². The number of hydrogen-bond donors (Lipinski definition) is 2. The Morgan fingerprint density at radius 3 is 2.73 bits per heavy atom. The van der Waals surface area contributed by atoms with Crippen molar-refractivity contribution in [3.63, 3.8) is 0 Å². The minimum atomic E-state index is -0.391. The van der Waals surface area contributed by atoms with Gasteiger partial charge in [-0.2, -0.15) is 4.98 Å². The molecular weight excluding hydrogens is 359 g/mol. The number of methoxy groups -OCH3 is 1. The normalized spacial score (nSPS) is 11.7. The first-order valence-corrected chi connectivity index (χ1v) is 8.11. The van der Waals surface area contributed by atoms with Crippen LogP contribution in [0.2, 0.25) is 5.02 Å². The van der Waals surface area contributed by atoms with Crippen LogP contribution in [0.1, 0.15) is 18.7 Å². The molecule has 7 nitrogen and oxygen atoms in total. The van der Waals surface area contributed by atoms with E-state index >= 15 is 0 Å². The van der Waals surface area contributed by atoms with Gasteiger partial charge in [0.1, 0.15) is 16.5 Å². The third-order valence-corrected chi connectivity index (χ3v) is 3.78. The smallest absolute Gasteiger partial charge is 0.237 e. The zero-order valence-electron chi connectivity index (χ0n) is 14.1. The summed E-state index contributed by atoms with van der Waals surface area (Å²) in [4.78, 5) is 16.7. The standard InChI is InChI=1S/C17H16ClFN6O/c1-10(13-6-5-11(19)8-21-13)23-15-12(18)9-22-17(25-15)24-14-4-3-7-20-16(14)26-2/h3-10H,1-2H3,(H2,22,23,24,25). The van der Waals surface area contributed by atoms with Crippen molar-refractivity contribution in [2.24, 2.45) is 0 Å². The fourth-order valence-corrected chi connectivity index (χ4v) is 2.37. The molecule has 0 amide bonds. The Bertz CT molecular complexity index is 893. The van der Waals surface area contributed by atoms with E-state index in [9.17, 15) is 4.39 Å². The van der Waals surface area contributed by atoms with Gasteiger partial charge in [0.15, 0.2) is 5.82 Å². The van der Waals surface area contributed by atoms with Gasteiger partial charge >= 0.3 is 0 Å². The van der Waals surface area contributed by atoms with E-state index < -0.39 is 5.82 Å². The van der Waals surface area contributed by atoms with Crippen LogP contribution in [0.3, 0.4) is 0 Å². The molecule has 3 aromatic rings. The Hall–Kier alpha value is -3.00. The van der Waals surface area contributed by atoms with Gasteiger partial charge in [0, 0.05) is 6.20 Å². The first-order chi connectivity index (χ1) is 12.6. The van der Waals surface area contributed by atoms with Crippen LogP contribution in [-0.4, -0.2) is 27.0 Å².